The Morgan fingerprint density at radius 3 is 2.94 bits per heavy atom. The van der Waals surface area contributed by atoms with Crippen molar-refractivity contribution < 1.29 is 8.42 Å². The Morgan fingerprint density at radius 1 is 1.61 bits per heavy atom. The molecular weight excluding hydrogens is 252 g/mol. The van der Waals surface area contributed by atoms with Crippen molar-refractivity contribution in [2.24, 2.45) is 5.92 Å². The van der Waals surface area contributed by atoms with E-state index in [-0.39, 0.29) is 5.03 Å². The average Bonchev–Trinajstić information content (AvgIpc) is 2.98. The first-order valence-electron chi connectivity index (χ1n) is 6.21. The van der Waals surface area contributed by atoms with E-state index in [1.54, 1.807) is 0 Å². The number of aromatic nitrogens is 2. The van der Waals surface area contributed by atoms with Crippen molar-refractivity contribution >= 4 is 10.0 Å². The van der Waals surface area contributed by atoms with E-state index in [2.05, 4.69) is 33.4 Å². The highest BCUT2D eigenvalue weighted by Crippen LogP contribution is 2.18. The number of hydrogen-bond acceptors (Lipinski definition) is 4. The Bertz CT molecular complexity index is 469. The lowest BCUT2D eigenvalue weighted by molar-refractivity contribution is 0.265. The molecule has 1 aliphatic rings. The fourth-order valence-corrected chi connectivity index (χ4v) is 3.21. The van der Waals surface area contributed by atoms with E-state index in [1.165, 1.54) is 12.5 Å². The number of imidazole rings is 1. The molecule has 2 N–H and O–H groups in total. The predicted octanol–water partition coefficient (Wildman–Crippen LogP) is 0.418. The molecular formula is C11H20N4O2S. The molecule has 1 atom stereocenters. The second kappa shape index (κ2) is 5.38. The molecule has 0 aliphatic carbocycles. The average molecular weight is 272 g/mol. The minimum absolute atomic E-state index is 0.126. The number of likely N-dealkylation sites (tertiary alicyclic amines) is 1. The molecule has 1 fully saturated rings. The molecule has 0 aromatic carbocycles. The van der Waals surface area contributed by atoms with E-state index >= 15 is 0 Å². The van der Waals surface area contributed by atoms with Crippen LogP contribution in [0.4, 0.5) is 0 Å². The van der Waals surface area contributed by atoms with E-state index in [9.17, 15) is 8.42 Å². The van der Waals surface area contributed by atoms with Crippen LogP contribution in [0.3, 0.4) is 0 Å². The monoisotopic (exact) mass is 272 g/mol. The van der Waals surface area contributed by atoms with Gasteiger partial charge < -0.3 is 9.88 Å². The normalized spacial score (nSPS) is 21.8. The van der Waals surface area contributed by atoms with Gasteiger partial charge in [0.25, 0.3) is 10.0 Å². The summed E-state index contributed by atoms with van der Waals surface area (Å²) in [5, 5.41) is 0.126. The zero-order chi connectivity index (χ0) is 13.2. The summed E-state index contributed by atoms with van der Waals surface area (Å²) in [6, 6.07) is 0.527. The summed E-state index contributed by atoms with van der Waals surface area (Å²) < 4.78 is 26.4. The smallest absolute Gasteiger partial charge is 0.257 e. The summed E-state index contributed by atoms with van der Waals surface area (Å²) in [4.78, 5) is 8.70. The lowest BCUT2D eigenvalue weighted by Crippen LogP contribution is -2.33. The number of H-pyrrole nitrogens is 1. The molecule has 18 heavy (non-hydrogen) atoms. The lowest BCUT2D eigenvalue weighted by atomic mass is 10.1. The zero-order valence-electron chi connectivity index (χ0n) is 10.8. The van der Waals surface area contributed by atoms with Crippen molar-refractivity contribution in [3.8, 4) is 0 Å². The van der Waals surface area contributed by atoms with Crippen molar-refractivity contribution in [2.45, 2.75) is 31.3 Å². The van der Waals surface area contributed by atoms with Gasteiger partial charge in [0.15, 0.2) is 5.03 Å². The van der Waals surface area contributed by atoms with Crippen LogP contribution in [0.2, 0.25) is 0 Å². The van der Waals surface area contributed by atoms with Gasteiger partial charge in [0, 0.05) is 19.1 Å². The van der Waals surface area contributed by atoms with Crippen LogP contribution >= 0.6 is 0 Å². The Balaban J connectivity index is 1.86. The van der Waals surface area contributed by atoms with E-state index in [0.29, 0.717) is 18.5 Å². The molecule has 2 heterocycles. The van der Waals surface area contributed by atoms with E-state index in [0.717, 1.165) is 19.5 Å². The molecule has 1 aromatic rings. The van der Waals surface area contributed by atoms with Gasteiger partial charge >= 0.3 is 0 Å². The Morgan fingerprint density at radius 2 is 2.39 bits per heavy atom. The Labute approximate surface area is 108 Å². The Kier molecular flexibility index (Phi) is 4.04. The van der Waals surface area contributed by atoms with Gasteiger partial charge in [-0.05, 0) is 32.7 Å². The van der Waals surface area contributed by atoms with Crippen molar-refractivity contribution in [2.75, 3.05) is 19.6 Å². The first-order chi connectivity index (χ1) is 8.49. The predicted molar refractivity (Wildman–Crippen MR) is 68.6 cm³/mol. The number of nitrogens with one attached hydrogen (secondary N) is 2. The fraction of sp³-hybridized carbons (Fsp3) is 0.727. The second-order valence-corrected chi connectivity index (χ2v) is 6.75. The third-order valence-electron chi connectivity index (χ3n) is 3.37. The van der Waals surface area contributed by atoms with Gasteiger partial charge in [-0.15, -0.1) is 0 Å². The molecule has 6 nitrogen and oxygen atoms in total. The summed E-state index contributed by atoms with van der Waals surface area (Å²) in [6.45, 7) is 6.83. The summed E-state index contributed by atoms with van der Waals surface area (Å²) in [5.74, 6) is 0.394. The van der Waals surface area contributed by atoms with Crippen LogP contribution in [0.15, 0.2) is 17.6 Å². The van der Waals surface area contributed by atoms with Gasteiger partial charge in [-0.1, -0.05) is 0 Å². The minimum atomic E-state index is -3.43. The first-order valence-corrected chi connectivity index (χ1v) is 7.69. The topological polar surface area (TPSA) is 78.1 Å². The summed E-state index contributed by atoms with van der Waals surface area (Å²) in [5.41, 5.74) is 0. The van der Waals surface area contributed by atoms with Gasteiger partial charge in [-0.3, -0.25) is 0 Å². The van der Waals surface area contributed by atoms with Crippen molar-refractivity contribution in [3.05, 3.63) is 12.5 Å². The van der Waals surface area contributed by atoms with Crippen LogP contribution in [-0.2, 0) is 10.0 Å². The highest BCUT2D eigenvalue weighted by molar-refractivity contribution is 7.89. The molecule has 0 radical (unpaired) electrons. The second-order valence-electron chi connectivity index (χ2n) is 5.01. The largest absolute Gasteiger partial charge is 0.335 e. The molecule has 0 saturated carbocycles. The maximum atomic E-state index is 11.9. The third-order valence-corrected chi connectivity index (χ3v) is 4.72. The standard InChI is InChI=1S/C11H20N4O2S/c1-9(2)15-4-3-10(7-15)5-14-18(16,17)11-6-12-8-13-11/h6,8-10,14H,3-5,7H2,1-2H3,(H,12,13). The van der Waals surface area contributed by atoms with E-state index in [4.69, 9.17) is 0 Å². The number of rotatable bonds is 5. The zero-order valence-corrected chi connectivity index (χ0v) is 11.6. The summed E-state index contributed by atoms with van der Waals surface area (Å²) in [6.07, 6.45) is 3.73. The van der Waals surface area contributed by atoms with Gasteiger partial charge in [0.2, 0.25) is 0 Å². The van der Waals surface area contributed by atoms with Crippen LogP contribution in [0, 0.1) is 5.92 Å². The highest BCUT2D eigenvalue weighted by Gasteiger charge is 2.26. The van der Waals surface area contributed by atoms with Crippen LogP contribution in [-0.4, -0.2) is 49.0 Å². The van der Waals surface area contributed by atoms with Crippen LogP contribution in [0.1, 0.15) is 20.3 Å². The molecule has 1 unspecified atom stereocenters. The Hall–Kier alpha value is -0.920. The molecule has 1 aromatic heterocycles. The van der Waals surface area contributed by atoms with Gasteiger partial charge in [-0.25, -0.2) is 18.1 Å². The van der Waals surface area contributed by atoms with Crippen LogP contribution < -0.4 is 4.72 Å². The van der Waals surface area contributed by atoms with Crippen LogP contribution in [0.5, 0.6) is 0 Å². The van der Waals surface area contributed by atoms with Crippen molar-refractivity contribution in [1.82, 2.24) is 19.6 Å². The molecule has 0 spiro atoms. The maximum Gasteiger partial charge on any atom is 0.257 e. The van der Waals surface area contributed by atoms with E-state index < -0.39 is 10.0 Å². The quantitative estimate of drug-likeness (QED) is 0.814. The molecule has 7 heteroatoms. The van der Waals surface area contributed by atoms with Gasteiger partial charge in [-0.2, -0.15) is 0 Å². The number of nitrogens with zero attached hydrogens (tertiary/aromatic N) is 2. The third kappa shape index (κ3) is 3.09. The molecule has 102 valence electrons. The summed E-state index contributed by atoms with van der Waals surface area (Å²) >= 11 is 0. The maximum absolute atomic E-state index is 11.9. The SMILES string of the molecule is CC(C)N1CCC(CNS(=O)(=O)c2cnc[nH]2)C1. The number of aromatic amines is 1. The minimum Gasteiger partial charge on any atom is -0.335 e. The van der Waals surface area contributed by atoms with E-state index in [1.807, 2.05) is 0 Å². The van der Waals surface area contributed by atoms with Crippen molar-refractivity contribution in [1.29, 1.82) is 0 Å². The molecule has 1 aliphatic heterocycles. The summed E-state index contributed by atoms with van der Waals surface area (Å²) in [7, 11) is -3.43. The molecule has 0 amide bonds. The molecule has 2 rings (SSSR count). The van der Waals surface area contributed by atoms with Crippen LogP contribution in [0.25, 0.3) is 0 Å². The first kappa shape index (κ1) is 13.5. The molecule has 1 saturated heterocycles. The number of sulfonamides is 1. The fourth-order valence-electron chi connectivity index (χ4n) is 2.19. The van der Waals surface area contributed by atoms with Gasteiger partial charge in [0.05, 0.1) is 12.5 Å². The van der Waals surface area contributed by atoms with Gasteiger partial charge in [0.1, 0.15) is 0 Å². The lowest BCUT2D eigenvalue weighted by Gasteiger charge is -2.20. The number of hydrogen-bond donors (Lipinski definition) is 2. The highest BCUT2D eigenvalue weighted by atomic mass is 32.2. The molecule has 0 bridgehead atoms. The van der Waals surface area contributed by atoms with Crippen molar-refractivity contribution in [3.63, 3.8) is 0 Å².